The van der Waals surface area contributed by atoms with Crippen LogP contribution < -0.4 is 5.73 Å². The van der Waals surface area contributed by atoms with Crippen molar-refractivity contribution in [3.8, 4) is 0 Å². The molecule has 2 nitrogen and oxygen atoms in total. The van der Waals surface area contributed by atoms with Crippen LogP contribution >= 0.6 is 24.0 Å². The van der Waals surface area contributed by atoms with Gasteiger partial charge in [-0.3, -0.25) is 4.79 Å². The Balaban J connectivity index is 0.00000121. The molecule has 0 saturated carbocycles. The molecule has 0 aromatic heterocycles. The first-order valence-corrected chi connectivity index (χ1v) is 3.59. The summed E-state index contributed by atoms with van der Waals surface area (Å²) < 4.78 is 0. The zero-order valence-corrected chi connectivity index (χ0v) is 7.81. The number of hydrogen-bond donors (Lipinski definition) is 1. The standard InChI is InChI=1S/C8H8ClNO.ClH/c9-8(11)7(10)6-4-2-1-3-5-6;/h1-5,7H,10H2;1H/t7-;/m1./s1. The van der Waals surface area contributed by atoms with E-state index in [0.717, 1.165) is 5.56 Å². The van der Waals surface area contributed by atoms with Gasteiger partial charge >= 0.3 is 0 Å². The minimum absolute atomic E-state index is 0. The first-order chi connectivity index (χ1) is 5.22. The number of carbonyl (C=O) groups excluding carboxylic acids is 1. The smallest absolute Gasteiger partial charge is 0.242 e. The molecule has 1 atom stereocenters. The topological polar surface area (TPSA) is 43.1 Å². The Morgan fingerprint density at radius 3 is 2.25 bits per heavy atom. The molecule has 66 valence electrons. The second-order valence-corrected chi connectivity index (χ2v) is 2.56. The molecule has 0 aliphatic heterocycles. The molecule has 0 bridgehead atoms. The molecule has 0 aliphatic rings. The molecule has 0 unspecified atom stereocenters. The highest BCUT2D eigenvalue weighted by Gasteiger charge is 2.11. The maximum Gasteiger partial charge on any atom is 0.242 e. The molecule has 1 rings (SSSR count). The summed E-state index contributed by atoms with van der Waals surface area (Å²) in [7, 11) is 0. The van der Waals surface area contributed by atoms with Gasteiger partial charge in [-0.05, 0) is 17.2 Å². The van der Waals surface area contributed by atoms with Crippen LogP contribution in [0.2, 0.25) is 0 Å². The highest BCUT2D eigenvalue weighted by molar-refractivity contribution is 6.64. The van der Waals surface area contributed by atoms with Crippen molar-refractivity contribution in [1.82, 2.24) is 0 Å². The zero-order valence-electron chi connectivity index (χ0n) is 6.24. The summed E-state index contributed by atoms with van der Waals surface area (Å²) in [5, 5.41) is -0.531. The van der Waals surface area contributed by atoms with Gasteiger partial charge in [-0.2, -0.15) is 0 Å². The zero-order chi connectivity index (χ0) is 8.27. The molecule has 2 N–H and O–H groups in total. The summed E-state index contributed by atoms with van der Waals surface area (Å²) in [5.74, 6) is 0. The first kappa shape index (κ1) is 11.4. The van der Waals surface area contributed by atoms with Crippen molar-refractivity contribution >= 4 is 29.3 Å². The van der Waals surface area contributed by atoms with Gasteiger partial charge in [-0.25, -0.2) is 0 Å². The number of carbonyl (C=O) groups is 1. The Kier molecular flexibility index (Phi) is 4.90. The van der Waals surface area contributed by atoms with Crippen LogP contribution in [0.1, 0.15) is 11.6 Å². The maximum atomic E-state index is 10.6. The fourth-order valence-electron chi connectivity index (χ4n) is 0.791. The summed E-state index contributed by atoms with van der Waals surface area (Å²) in [6.45, 7) is 0. The summed E-state index contributed by atoms with van der Waals surface area (Å²) >= 11 is 5.20. The predicted molar refractivity (Wildman–Crippen MR) is 51.5 cm³/mol. The van der Waals surface area contributed by atoms with E-state index in [4.69, 9.17) is 17.3 Å². The molecule has 0 spiro atoms. The Morgan fingerprint density at radius 2 is 1.83 bits per heavy atom. The summed E-state index contributed by atoms with van der Waals surface area (Å²) in [6, 6.07) is 8.33. The molecule has 4 heteroatoms. The van der Waals surface area contributed by atoms with Crippen molar-refractivity contribution in [2.24, 2.45) is 5.73 Å². The van der Waals surface area contributed by atoms with Crippen LogP contribution in [0.25, 0.3) is 0 Å². The molecule has 0 fully saturated rings. The first-order valence-electron chi connectivity index (χ1n) is 3.21. The number of benzene rings is 1. The quantitative estimate of drug-likeness (QED) is 0.750. The molecule has 1 aromatic carbocycles. The van der Waals surface area contributed by atoms with Gasteiger partial charge in [0.05, 0.1) is 0 Å². The molecule has 0 heterocycles. The predicted octanol–water partition coefficient (Wildman–Crippen LogP) is 1.87. The Bertz CT molecular complexity index is 250. The van der Waals surface area contributed by atoms with Crippen LogP contribution in [0.4, 0.5) is 0 Å². The SMILES string of the molecule is Cl.N[C@@H](C(=O)Cl)c1ccccc1. The van der Waals surface area contributed by atoms with E-state index >= 15 is 0 Å². The van der Waals surface area contributed by atoms with Gasteiger partial charge in [0.2, 0.25) is 5.24 Å². The fraction of sp³-hybridized carbons (Fsp3) is 0.125. The summed E-state index contributed by atoms with van der Waals surface area (Å²) in [4.78, 5) is 10.6. The minimum atomic E-state index is -0.696. The monoisotopic (exact) mass is 205 g/mol. The van der Waals surface area contributed by atoms with E-state index in [2.05, 4.69) is 0 Å². The van der Waals surface area contributed by atoms with Gasteiger partial charge in [0.1, 0.15) is 6.04 Å². The molecular weight excluding hydrogens is 197 g/mol. The van der Waals surface area contributed by atoms with E-state index in [1.54, 1.807) is 12.1 Å². The van der Waals surface area contributed by atoms with Crippen molar-refractivity contribution < 1.29 is 4.79 Å². The maximum absolute atomic E-state index is 10.6. The average Bonchev–Trinajstić information content (AvgIpc) is 2.05. The van der Waals surface area contributed by atoms with Crippen LogP contribution in [-0.2, 0) is 4.79 Å². The largest absolute Gasteiger partial charge is 0.317 e. The number of nitrogens with two attached hydrogens (primary N) is 1. The van der Waals surface area contributed by atoms with Gasteiger partial charge in [0, 0.05) is 0 Å². The lowest BCUT2D eigenvalue weighted by atomic mass is 10.1. The van der Waals surface area contributed by atoms with E-state index in [9.17, 15) is 4.79 Å². The van der Waals surface area contributed by atoms with Gasteiger partial charge in [0.15, 0.2) is 0 Å². The van der Waals surface area contributed by atoms with Crippen LogP contribution in [0, 0.1) is 0 Å². The second kappa shape index (κ2) is 5.14. The summed E-state index contributed by atoms with van der Waals surface area (Å²) in [5.41, 5.74) is 6.20. The second-order valence-electron chi connectivity index (χ2n) is 2.19. The van der Waals surface area contributed by atoms with E-state index in [1.165, 1.54) is 0 Å². The number of hydrogen-bond acceptors (Lipinski definition) is 2. The summed E-state index contributed by atoms with van der Waals surface area (Å²) in [6.07, 6.45) is 0. The van der Waals surface area contributed by atoms with Gasteiger partial charge in [-0.1, -0.05) is 30.3 Å². The normalized spacial score (nSPS) is 11.5. The Morgan fingerprint density at radius 1 is 1.33 bits per heavy atom. The van der Waals surface area contributed by atoms with Gasteiger partial charge in [-0.15, -0.1) is 12.4 Å². The van der Waals surface area contributed by atoms with E-state index in [-0.39, 0.29) is 12.4 Å². The number of rotatable bonds is 2. The van der Waals surface area contributed by atoms with E-state index < -0.39 is 11.3 Å². The lowest BCUT2D eigenvalue weighted by molar-refractivity contribution is -0.112. The van der Waals surface area contributed by atoms with Crippen LogP contribution in [0.3, 0.4) is 0 Å². The molecule has 12 heavy (non-hydrogen) atoms. The van der Waals surface area contributed by atoms with E-state index in [0.29, 0.717) is 0 Å². The van der Waals surface area contributed by atoms with Crippen molar-refractivity contribution in [3.63, 3.8) is 0 Å². The molecule has 0 saturated heterocycles. The highest BCUT2D eigenvalue weighted by atomic mass is 35.5. The molecule has 1 aromatic rings. The van der Waals surface area contributed by atoms with Crippen molar-refractivity contribution in [2.75, 3.05) is 0 Å². The van der Waals surface area contributed by atoms with Crippen LogP contribution in [-0.4, -0.2) is 5.24 Å². The third-order valence-corrected chi connectivity index (χ3v) is 1.64. The van der Waals surface area contributed by atoms with Crippen molar-refractivity contribution in [2.45, 2.75) is 6.04 Å². The molecule has 0 radical (unpaired) electrons. The van der Waals surface area contributed by atoms with Crippen LogP contribution in [0.5, 0.6) is 0 Å². The number of halogens is 2. The Labute approximate surface area is 82.1 Å². The minimum Gasteiger partial charge on any atom is -0.317 e. The molecular formula is C8H9Cl2NO. The lowest BCUT2D eigenvalue weighted by Gasteiger charge is -2.04. The third-order valence-electron chi connectivity index (χ3n) is 1.40. The fourth-order valence-corrected chi connectivity index (χ4v) is 0.917. The third kappa shape index (κ3) is 2.81. The molecule has 0 aliphatic carbocycles. The average molecular weight is 206 g/mol. The Hall–Kier alpha value is -0.570. The molecule has 0 amide bonds. The highest BCUT2D eigenvalue weighted by Crippen LogP contribution is 2.11. The van der Waals surface area contributed by atoms with Crippen molar-refractivity contribution in [3.05, 3.63) is 35.9 Å². The van der Waals surface area contributed by atoms with Crippen LogP contribution in [0.15, 0.2) is 30.3 Å². The van der Waals surface area contributed by atoms with E-state index in [1.807, 2.05) is 18.2 Å². The lowest BCUT2D eigenvalue weighted by Crippen LogP contribution is -2.16. The van der Waals surface area contributed by atoms with Gasteiger partial charge in [0.25, 0.3) is 0 Å². The van der Waals surface area contributed by atoms with Gasteiger partial charge < -0.3 is 5.73 Å². The van der Waals surface area contributed by atoms with Crippen molar-refractivity contribution in [1.29, 1.82) is 0 Å².